The molecule has 2 rings (SSSR count). The van der Waals surface area contributed by atoms with Crippen molar-refractivity contribution in [3.8, 4) is 23.0 Å². The summed E-state index contributed by atoms with van der Waals surface area (Å²) in [6.07, 6.45) is 0.899. The minimum Gasteiger partial charge on any atom is -0.494 e. The highest BCUT2D eigenvalue weighted by Gasteiger charge is 2.19. The number of carbonyl (C=O) groups is 2. The van der Waals surface area contributed by atoms with Gasteiger partial charge in [0.1, 0.15) is 5.75 Å². The zero-order chi connectivity index (χ0) is 22.6. The maximum atomic E-state index is 12.6. The van der Waals surface area contributed by atoms with Gasteiger partial charge in [0, 0.05) is 11.1 Å². The van der Waals surface area contributed by atoms with Crippen LogP contribution in [0.5, 0.6) is 23.0 Å². The number of amides is 2. The lowest BCUT2D eigenvalue weighted by molar-refractivity contribution is 0.0846. The van der Waals surface area contributed by atoms with Crippen LogP contribution >= 0.6 is 0 Å². The van der Waals surface area contributed by atoms with Gasteiger partial charge in [0.15, 0.2) is 11.5 Å². The summed E-state index contributed by atoms with van der Waals surface area (Å²) in [5.74, 6) is 0.961. The largest absolute Gasteiger partial charge is 0.494 e. The number of hydrogen-bond acceptors (Lipinski definition) is 6. The summed E-state index contributed by atoms with van der Waals surface area (Å²) in [6.45, 7) is 9.36. The molecule has 0 atom stereocenters. The lowest BCUT2D eigenvalue weighted by Gasteiger charge is -2.17. The summed E-state index contributed by atoms with van der Waals surface area (Å²) in [5.41, 5.74) is 5.48. The van der Waals surface area contributed by atoms with Crippen LogP contribution in [0, 0.1) is 0 Å². The fourth-order valence-corrected chi connectivity index (χ4v) is 2.70. The third-order valence-electron chi connectivity index (χ3n) is 4.05. The molecule has 2 N–H and O–H groups in total. The van der Waals surface area contributed by atoms with Gasteiger partial charge in [-0.1, -0.05) is 6.92 Å². The molecular formula is C23H30N2O6. The first-order valence-corrected chi connectivity index (χ1v) is 10.4. The zero-order valence-electron chi connectivity index (χ0n) is 18.4. The predicted octanol–water partition coefficient (Wildman–Crippen LogP) is 3.75. The topological polar surface area (TPSA) is 95.1 Å². The van der Waals surface area contributed by atoms with E-state index in [2.05, 4.69) is 10.9 Å². The first-order valence-electron chi connectivity index (χ1n) is 10.4. The van der Waals surface area contributed by atoms with Crippen LogP contribution in [0.3, 0.4) is 0 Å². The van der Waals surface area contributed by atoms with Crippen molar-refractivity contribution in [3.05, 3.63) is 47.5 Å². The molecule has 31 heavy (non-hydrogen) atoms. The van der Waals surface area contributed by atoms with Crippen molar-refractivity contribution < 1.29 is 28.5 Å². The van der Waals surface area contributed by atoms with Crippen LogP contribution in [-0.2, 0) is 0 Å². The summed E-state index contributed by atoms with van der Waals surface area (Å²) in [6, 6.07) is 9.79. The smallest absolute Gasteiger partial charge is 0.269 e. The SMILES string of the molecule is CCCOc1ccc(C(=O)NNC(=O)c2cc(OCC)c(OCC)c(OCC)c2)cc1. The molecule has 2 aromatic carbocycles. The number of benzene rings is 2. The van der Waals surface area contributed by atoms with Crippen molar-refractivity contribution in [2.24, 2.45) is 0 Å². The Hall–Kier alpha value is -3.42. The molecule has 0 heterocycles. The van der Waals surface area contributed by atoms with Gasteiger partial charge >= 0.3 is 0 Å². The number of hydrazine groups is 1. The second kappa shape index (κ2) is 12.3. The van der Waals surface area contributed by atoms with Crippen molar-refractivity contribution in [2.45, 2.75) is 34.1 Å². The maximum absolute atomic E-state index is 12.6. The summed E-state index contributed by atoms with van der Waals surface area (Å²) < 4.78 is 22.4. The molecule has 0 fully saturated rings. The second-order valence-electron chi connectivity index (χ2n) is 6.38. The maximum Gasteiger partial charge on any atom is 0.269 e. The van der Waals surface area contributed by atoms with Crippen molar-refractivity contribution in [2.75, 3.05) is 26.4 Å². The Kier molecular flexibility index (Phi) is 9.48. The Morgan fingerprint density at radius 2 is 1.23 bits per heavy atom. The molecule has 0 aromatic heterocycles. The van der Waals surface area contributed by atoms with Gasteiger partial charge < -0.3 is 18.9 Å². The van der Waals surface area contributed by atoms with E-state index in [9.17, 15) is 9.59 Å². The number of nitrogens with one attached hydrogen (secondary N) is 2. The minimum atomic E-state index is -0.513. The molecular weight excluding hydrogens is 400 g/mol. The van der Waals surface area contributed by atoms with Gasteiger partial charge in [-0.2, -0.15) is 0 Å². The Morgan fingerprint density at radius 3 is 1.71 bits per heavy atom. The minimum absolute atomic E-state index is 0.263. The lowest BCUT2D eigenvalue weighted by atomic mass is 10.1. The molecule has 0 aliphatic carbocycles. The van der Waals surface area contributed by atoms with E-state index in [0.717, 1.165) is 6.42 Å². The van der Waals surface area contributed by atoms with Crippen molar-refractivity contribution in [3.63, 3.8) is 0 Å². The third kappa shape index (κ3) is 6.80. The highest BCUT2D eigenvalue weighted by Crippen LogP contribution is 2.39. The molecule has 0 saturated heterocycles. The van der Waals surface area contributed by atoms with Gasteiger partial charge in [0.2, 0.25) is 5.75 Å². The van der Waals surface area contributed by atoms with E-state index < -0.39 is 11.8 Å². The Labute approximate surface area is 182 Å². The molecule has 0 spiro atoms. The normalized spacial score (nSPS) is 10.2. The van der Waals surface area contributed by atoms with Crippen LogP contribution in [0.15, 0.2) is 36.4 Å². The molecule has 0 aliphatic heterocycles. The van der Waals surface area contributed by atoms with Crippen molar-refractivity contribution in [1.29, 1.82) is 0 Å². The van der Waals surface area contributed by atoms with Gasteiger partial charge in [0.25, 0.3) is 11.8 Å². The van der Waals surface area contributed by atoms with Crippen LogP contribution in [0.1, 0.15) is 54.8 Å². The first-order chi connectivity index (χ1) is 15.0. The Bertz CT molecular complexity index is 840. The van der Waals surface area contributed by atoms with Crippen molar-refractivity contribution >= 4 is 11.8 Å². The van der Waals surface area contributed by atoms with E-state index in [4.69, 9.17) is 18.9 Å². The Morgan fingerprint density at radius 1 is 0.710 bits per heavy atom. The fraction of sp³-hybridized carbons (Fsp3) is 0.391. The highest BCUT2D eigenvalue weighted by molar-refractivity contribution is 5.99. The van der Waals surface area contributed by atoms with Crippen LogP contribution in [0.2, 0.25) is 0 Å². The number of carbonyl (C=O) groups excluding carboxylic acids is 2. The average molecular weight is 431 g/mol. The predicted molar refractivity (Wildman–Crippen MR) is 117 cm³/mol. The van der Waals surface area contributed by atoms with E-state index in [0.29, 0.717) is 55.0 Å². The van der Waals surface area contributed by atoms with Crippen LogP contribution < -0.4 is 29.8 Å². The average Bonchev–Trinajstić information content (AvgIpc) is 2.78. The lowest BCUT2D eigenvalue weighted by Crippen LogP contribution is -2.41. The summed E-state index contributed by atoms with van der Waals surface area (Å²) in [4.78, 5) is 25.0. The molecule has 2 amide bonds. The monoisotopic (exact) mass is 430 g/mol. The fourth-order valence-electron chi connectivity index (χ4n) is 2.70. The molecule has 0 aliphatic rings. The molecule has 2 aromatic rings. The first kappa shape index (κ1) is 23.9. The number of ether oxygens (including phenoxy) is 4. The van der Waals surface area contributed by atoms with E-state index in [-0.39, 0.29) is 5.56 Å². The van der Waals surface area contributed by atoms with Gasteiger partial charge in [0.05, 0.1) is 26.4 Å². The zero-order valence-corrected chi connectivity index (χ0v) is 18.4. The van der Waals surface area contributed by atoms with E-state index in [1.807, 2.05) is 27.7 Å². The van der Waals surface area contributed by atoms with Gasteiger partial charge in [-0.05, 0) is 63.6 Å². The molecule has 8 heteroatoms. The quantitative estimate of drug-likeness (QED) is 0.527. The second-order valence-corrected chi connectivity index (χ2v) is 6.38. The summed E-state index contributed by atoms with van der Waals surface area (Å²) >= 11 is 0. The van der Waals surface area contributed by atoms with E-state index in [1.165, 1.54) is 0 Å². The molecule has 0 radical (unpaired) electrons. The third-order valence-corrected chi connectivity index (χ3v) is 4.05. The van der Waals surface area contributed by atoms with Crippen LogP contribution in [0.4, 0.5) is 0 Å². The van der Waals surface area contributed by atoms with Crippen molar-refractivity contribution in [1.82, 2.24) is 10.9 Å². The molecule has 0 bridgehead atoms. The summed E-state index contributed by atoms with van der Waals surface area (Å²) in [7, 11) is 0. The summed E-state index contributed by atoms with van der Waals surface area (Å²) in [5, 5.41) is 0. The molecule has 168 valence electrons. The van der Waals surface area contributed by atoms with Gasteiger partial charge in [-0.15, -0.1) is 0 Å². The van der Waals surface area contributed by atoms with Gasteiger partial charge in [-0.25, -0.2) is 0 Å². The van der Waals surface area contributed by atoms with Gasteiger partial charge in [-0.3, -0.25) is 20.4 Å². The standard InChI is InChI=1S/C23H30N2O6/c1-5-13-31-18-11-9-16(10-12-18)22(26)24-25-23(27)17-14-19(28-6-2)21(30-8-4)20(15-17)29-7-3/h9-12,14-15H,5-8,13H2,1-4H3,(H,24,26)(H,25,27). The number of hydrogen-bond donors (Lipinski definition) is 2. The van der Waals surface area contributed by atoms with E-state index in [1.54, 1.807) is 36.4 Å². The van der Waals surface area contributed by atoms with Crippen LogP contribution in [-0.4, -0.2) is 38.2 Å². The molecule has 0 unspecified atom stereocenters. The molecule has 0 saturated carbocycles. The molecule has 8 nitrogen and oxygen atoms in total. The van der Waals surface area contributed by atoms with E-state index >= 15 is 0 Å². The number of rotatable bonds is 11. The highest BCUT2D eigenvalue weighted by atomic mass is 16.5. The van der Waals surface area contributed by atoms with Crippen LogP contribution in [0.25, 0.3) is 0 Å². The Balaban J connectivity index is 2.10.